The van der Waals surface area contributed by atoms with Crippen LogP contribution in [0.25, 0.3) is 22.4 Å². The predicted octanol–water partition coefficient (Wildman–Crippen LogP) is 2.43. The van der Waals surface area contributed by atoms with E-state index in [1.54, 1.807) is 12.4 Å². The lowest BCUT2D eigenvalue weighted by molar-refractivity contribution is 1.10. The molecule has 0 aliphatic carbocycles. The van der Waals surface area contributed by atoms with Gasteiger partial charge in [0.2, 0.25) is 5.56 Å². The molecule has 0 atom stereocenters. The van der Waals surface area contributed by atoms with E-state index in [0.29, 0.717) is 0 Å². The van der Waals surface area contributed by atoms with E-state index in [9.17, 15) is 4.79 Å². The Kier molecular flexibility index (Phi) is 2.53. The topological polar surface area (TPSA) is 61.5 Å². The molecule has 2 N–H and O–H groups in total. The van der Waals surface area contributed by atoms with E-state index < -0.39 is 0 Å². The summed E-state index contributed by atoms with van der Waals surface area (Å²) < 4.78 is 0. The number of aromatic amines is 2. The van der Waals surface area contributed by atoms with Crippen LogP contribution < -0.4 is 5.56 Å². The van der Waals surface area contributed by atoms with Crippen LogP contribution in [0.2, 0.25) is 0 Å². The zero-order valence-corrected chi connectivity index (χ0v) is 9.55. The van der Waals surface area contributed by atoms with Crippen LogP contribution in [-0.4, -0.2) is 15.2 Å². The van der Waals surface area contributed by atoms with E-state index in [0.717, 1.165) is 22.4 Å². The minimum absolute atomic E-state index is 0.0900. The molecule has 0 unspecified atom stereocenters. The summed E-state index contributed by atoms with van der Waals surface area (Å²) >= 11 is 0. The monoisotopic (exact) mass is 237 g/mol. The third-order valence-corrected chi connectivity index (χ3v) is 2.81. The molecule has 88 valence electrons. The van der Waals surface area contributed by atoms with E-state index in [1.165, 1.54) is 6.07 Å². The van der Waals surface area contributed by atoms with Crippen LogP contribution in [0.5, 0.6) is 0 Å². The lowest BCUT2D eigenvalue weighted by atomic mass is 10.0. The van der Waals surface area contributed by atoms with Crippen molar-refractivity contribution in [3.8, 4) is 22.4 Å². The molecule has 1 aromatic carbocycles. The van der Waals surface area contributed by atoms with E-state index in [1.807, 2.05) is 36.4 Å². The van der Waals surface area contributed by atoms with Crippen molar-refractivity contribution in [2.24, 2.45) is 0 Å². The molecule has 3 rings (SSSR count). The molecular formula is C14H11N3O. The zero-order chi connectivity index (χ0) is 12.4. The first-order chi connectivity index (χ1) is 8.83. The molecule has 0 radical (unpaired) electrons. The van der Waals surface area contributed by atoms with Gasteiger partial charge >= 0.3 is 0 Å². The number of rotatable bonds is 2. The van der Waals surface area contributed by atoms with Gasteiger partial charge in [0.1, 0.15) is 0 Å². The number of pyridine rings is 1. The number of aromatic nitrogens is 3. The lowest BCUT2D eigenvalue weighted by Gasteiger charge is -2.02. The molecular weight excluding hydrogens is 226 g/mol. The van der Waals surface area contributed by atoms with Crippen LogP contribution in [0.4, 0.5) is 0 Å². The van der Waals surface area contributed by atoms with E-state index in [2.05, 4.69) is 15.2 Å². The Morgan fingerprint density at radius 3 is 2.17 bits per heavy atom. The van der Waals surface area contributed by atoms with Gasteiger partial charge in [0.05, 0.1) is 5.69 Å². The van der Waals surface area contributed by atoms with Crippen LogP contribution in [0.3, 0.4) is 0 Å². The lowest BCUT2D eigenvalue weighted by Crippen LogP contribution is -2.01. The third-order valence-electron chi connectivity index (χ3n) is 2.81. The average Bonchev–Trinajstić information content (AvgIpc) is 2.94. The second kappa shape index (κ2) is 4.33. The summed E-state index contributed by atoms with van der Waals surface area (Å²) in [6.45, 7) is 0. The quantitative estimate of drug-likeness (QED) is 0.719. The fraction of sp³-hybridized carbons (Fsp3) is 0. The molecule has 4 heteroatoms. The van der Waals surface area contributed by atoms with Crippen molar-refractivity contribution in [1.29, 1.82) is 0 Å². The number of H-pyrrole nitrogens is 2. The highest BCUT2D eigenvalue weighted by Crippen LogP contribution is 2.22. The van der Waals surface area contributed by atoms with Gasteiger partial charge in [-0.3, -0.25) is 9.89 Å². The normalized spacial score (nSPS) is 10.4. The van der Waals surface area contributed by atoms with Gasteiger partial charge in [-0.05, 0) is 28.8 Å². The number of hydrogen-bond acceptors (Lipinski definition) is 2. The van der Waals surface area contributed by atoms with Gasteiger partial charge in [-0.15, -0.1) is 0 Å². The molecule has 2 heterocycles. The highest BCUT2D eigenvalue weighted by molar-refractivity contribution is 5.67. The van der Waals surface area contributed by atoms with Crippen LogP contribution in [0.15, 0.2) is 59.7 Å². The molecule has 2 aromatic heterocycles. The van der Waals surface area contributed by atoms with E-state index in [4.69, 9.17) is 0 Å². The Labute approximate surface area is 103 Å². The largest absolute Gasteiger partial charge is 0.328 e. The molecule has 0 aliphatic heterocycles. The van der Waals surface area contributed by atoms with Crippen molar-refractivity contribution in [3.05, 3.63) is 65.2 Å². The molecule has 0 saturated heterocycles. The Morgan fingerprint density at radius 1 is 0.833 bits per heavy atom. The minimum atomic E-state index is -0.0900. The van der Waals surface area contributed by atoms with Crippen molar-refractivity contribution in [2.75, 3.05) is 0 Å². The molecule has 0 bridgehead atoms. The zero-order valence-electron chi connectivity index (χ0n) is 9.55. The first kappa shape index (κ1) is 10.5. The first-order valence-electron chi connectivity index (χ1n) is 5.62. The highest BCUT2D eigenvalue weighted by Gasteiger charge is 2.00. The maximum atomic E-state index is 11.0. The maximum absolute atomic E-state index is 11.0. The molecule has 0 amide bonds. The molecule has 18 heavy (non-hydrogen) atoms. The van der Waals surface area contributed by atoms with Crippen LogP contribution in [-0.2, 0) is 0 Å². The van der Waals surface area contributed by atoms with Crippen molar-refractivity contribution in [3.63, 3.8) is 0 Å². The molecule has 0 spiro atoms. The van der Waals surface area contributed by atoms with Gasteiger partial charge in [-0.1, -0.05) is 24.3 Å². The Balaban J connectivity index is 1.96. The second-order valence-electron chi connectivity index (χ2n) is 3.99. The van der Waals surface area contributed by atoms with Crippen molar-refractivity contribution in [2.45, 2.75) is 0 Å². The third kappa shape index (κ3) is 1.96. The van der Waals surface area contributed by atoms with Gasteiger partial charge in [0, 0.05) is 18.5 Å². The minimum Gasteiger partial charge on any atom is -0.328 e. The fourth-order valence-electron chi connectivity index (χ4n) is 1.85. The fourth-order valence-corrected chi connectivity index (χ4v) is 1.85. The Morgan fingerprint density at radius 2 is 1.56 bits per heavy atom. The average molecular weight is 237 g/mol. The van der Waals surface area contributed by atoms with Crippen LogP contribution >= 0.6 is 0 Å². The number of benzene rings is 1. The van der Waals surface area contributed by atoms with Crippen molar-refractivity contribution in [1.82, 2.24) is 15.2 Å². The number of nitrogens with zero attached hydrogens (tertiary/aromatic N) is 1. The number of hydrogen-bond donors (Lipinski definition) is 2. The van der Waals surface area contributed by atoms with Crippen molar-refractivity contribution < 1.29 is 0 Å². The Hall–Kier alpha value is -2.62. The highest BCUT2D eigenvalue weighted by atomic mass is 16.1. The molecule has 3 aromatic rings. The maximum Gasteiger partial charge on any atom is 0.247 e. The summed E-state index contributed by atoms with van der Waals surface area (Å²) in [5, 5.41) is 6.85. The summed E-state index contributed by atoms with van der Waals surface area (Å²) in [6, 6.07) is 13.3. The summed E-state index contributed by atoms with van der Waals surface area (Å²) in [5.41, 5.74) is 4.04. The van der Waals surface area contributed by atoms with Gasteiger partial charge in [-0.2, -0.15) is 5.10 Å². The van der Waals surface area contributed by atoms with Crippen molar-refractivity contribution >= 4 is 0 Å². The SMILES string of the molecule is O=c1ccc(-c2ccc(-c3ccn[nH]3)cc2)c[nH]1. The summed E-state index contributed by atoms with van der Waals surface area (Å²) in [7, 11) is 0. The molecule has 0 fully saturated rings. The van der Waals surface area contributed by atoms with Gasteiger partial charge in [0.25, 0.3) is 0 Å². The van der Waals surface area contributed by atoms with Crippen LogP contribution in [0.1, 0.15) is 0 Å². The molecule has 0 aliphatic rings. The van der Waals surface area contributed by atoms with Gasteiger partial charge in [-0.25, -0.2) is 0 Å². The van der Waals surface area contributed by atoms with E-state index >= 15 is 0 Å². The van der Waals surface area contributed by atoms with Gasteiger partial charge in [0.15, 0.2) is 0 Å². The molecule has 4 nitrogen and oxygen atoms in total. The smallest absolute Gasteiger partial charge is 0.247 e. The standard InChI is InChI=1S/C14H11N3O/c18-14-6-5-12(9-15-14)10-1-3-11(4-2-10)13-7-8-16-17-13/h1-9H,(H,15,18)(H,16,17). The van der Waals surface area contributed by atoms with E-state index in [-0.39, 0.29) is 5.56 Å². The first-order valence-corrected chi connectivity index (χ1v) is 5.62. The van der Waals surface area contributed by atoms with Crippen LogP contribution in [0, 0.1) is 0 Å². The summed E-state index contributed by atoms with van der Waals surface area (Å²) in [6.07, 6.45) is 3.44. The summed E-state index contributed by atoms with van der Waals surface area (Å²) in [5.74, 6) is 0. The van der Waals surface area contributed by atoms with Gasteiger partial charge < -0.3 is 4.98 Å². The predicted molar refractivity (Wildman–Crippen MR) is 70.1 cm³/mol. The molecule has 0 saturated carbocycles. The Bertz CT molecular complexity index is 676. The summed E-state index contributed by atoms with van der Waals surface area (Å²) in [4.78, 5) is 13.7. The second-order valence-corrected chi connectivity index (χ2v) is 3.99. The number of nitrogens with one attached hydrogen (secondary N) is 2.